The lowest BCUT2D eigenvalue weighted by molar-refractivity contribution is 0.439. The van der Waals surface area contributed by atoms with Crippen LogP contribution in [0.2, 0.25) is 0 Å². The predicted molar refractivity (Wildman–Crippen MR) is 60.2 cm³/mol. The van der Waals surface area contributed by atoms with Gasteiger partial charge in [-0.1, -0.05) is 6.92 Å². The molecular formula is C12H19N3O. The first-order valence-electron chi connectivity index (χ1n) is 6.38. The Labute approximate surface area is 95.8 Å². The fourth-order valence-electron chi connectivity index (χ4n) is 2.02. The van der Waals surface area contributed by atoms with Crippen molar-refractivity contribution in [1.82, 2.24) is 15.5 Å². The molecule has 1 N–H and O–H groups in total. The summed E-state index contributed by atoms with van der Waals surface area (Å²) in [6.07, 6.45) is 5.92. The maximum atomic E-state index is 5.65. The van der Waals surface area contributed by atoms with Crippen LogP contribution in [0.3, 0.4) is 0 Å². The SMILES string of the molecule is CC1CC1c1nnc(CCCNC2CC2)o1. The molecule has 4 heteroatoms. The van der Waals surface area contributed by atoms with Crippen molar-refractivity contribution in [3.63, 3.8) is 0 Å². The molecule has 2 saturated carbocycles. The first-order chi connectivity index (χ1) is 7.83. The minimum atomic E-state index is 0.547. The van der Waals surface area contributed by atoms with E-state index < -0.39 is 0 Å². The quantitative estimate of drug-likeness (QED) is 0.745. The van der Waals surface area contributed by atoms with Crippen LogP contribution in [-0.2, 0) is 6.42 Å². The number of nitrogens with one attached hydrogen (secondary N) is 1. The smallest absolute Gasteiger partial charge is 0.219 e. The topological polar surface area (TPSA) is 51.0 Å². The number of nitrogens with zero attached hydrogens (tertiary/aromatic N) is 2. The van der Waals surface area contributed by atoms with Crippen LogP contribution in [0.4, 0.5) is 0 Å². The van der Waals surface area contributed by atoms with Crippen LogP contribution < -0.4 is 5.32 Å². The van der Waals surface area contributed by atoms with Crippen molar-refractivity contribution in [2.24, 2.45) is 5.92 Å². The van der Waals surface area contributed by atoms with Crippen LogP contribution in [0, 0.1) is 5.92 Å². The molecule has 2 aliphatic carbocycles. The van der Waals surface area contributed by atoms with Crippen LogP contribution in [0.1, 0.15) is 50.3 Å². The van der Waals surface area contributed by atoms with Crippen molar-refractivity contribution >= 4 is 0 Å². The summed E-state index contributed by atoms with van der Waals surface area (Å²) in [4.78, 5) is 0. The molecule has 1 aromatic heterocycles. The van der Waals surface area contributed by atoms with Crippen LogP contribution in [0.15, 0.2) is 4.42 Å². The van der Waals surface area contributed by atoms with Crippen molar-refractivity contribution < 1.29 is 4.42 Å². The highest BCUT2D eigenvalue weighted by Crippen LogP contribution is 2.46. The summed E-state index contributed by atoms with van der Waals surface area (Å²) in [5, 5.41) is 11.7. The van der Waals surface area contributed by atoms with Gasteiger partial charge in [-0.25, -0.2) is 0 Å². The fourth-order valence-corrected chi connectivity index (χ4v) is 2.02. The number of aromatic nitrogens is 2. The molecule has 0 bridgehead atoms. The molecule has 0 saturated heterocycles. The van der Waals surface area contributed by atoms with E-state index in [0.717, 1.165) is 43.1 Å². The molecule has 16 heavy (non-hydrogen) atoms. The van der Waals surface area contributed by atoms with Crippen molar-refractivity contribution in [3.05, 3.63) is 11.8 Å². The second kappa shape index (κ2) is 4.17. The second-order valence-electron chi connectivity index (χ2n) is 5.19. The van der Waals surface area contributed by atoms with Gasteiger partial charge in [0.1, 0.15) is 0 Å². The maximum absolute atomic E-state index is 5.65. The van der Waals surface area contributed by atoms with Gasteiger partial charge in [-0.3, -0.25) is 0 Å². The summed E-state index contributed by atoms with van der Waals surface area (Å²) in [6.45, 7) is 3.30. The zero-order chi connectivity index (χ0) is 11.0. The molecule has 3 rings (SSSR count). The Balaban J connectivity index is 1.41. The number of aryl methyl sites for hydroxylation is 1. The van der Waals surface area contributed by atoms with E-state index in [0.29, 0.717) is 5.92 Å². The largest absolute Gasteiger partial charge is 0.425 e. The predicted octanol–water partition coefficient (Wildman–Crippen LogP) is 1.88. The van der Waals surface area contributed by atoms with Gasteiger partial charge in [0, 0.05) is 18.4 Å². The lowest BCUT2D eigenvalue weighted by atomic mass is 10.3. The molecule has 88 valence electrons. The number of hydrogen-bond donors (Lipinski definition) is 1. The van der Waals surface area contributed by atoms with E-state index in [9.17, 15) is 0 Å². The van der Waals surface area contributed by atoms with E-state index in [-0.39, 0.29) is 0 Å². The molecule has 2 fully saturated rings. The molecule has 2 aliphatic rings. The lowest BCUT2D eigenvalue weighted by Gasteiger charge is -1.99. The summed E-state index contributed by atoms with van der Waals surface area (Å²) < 4.78 is 5.65. The highest BCUT2D eigenvalue weighted by molar-refractivity contribution is 5.04. The molecular weight excluding hydrogens is 202 g/mol. The van der Waals surface area contributed by atoms with Crippen molar-refractivity contribution in [2.75, 3.05) is 6.54 Å². The van der Waals surface area contributed by atoms with Crippen LogP contribution >= 0.6 is 0 Å². The van der Waals surface area contributed by atoms with E-state index in [2.05, 4.69) is 22.4 Å². The molecule has 4 nitrogen and oxygen atoms in total. The van der Waals surface area contributed by atoms with E-state index >= 15 is 0 Å². The fraction of sp³-hybridized carbons (Fsp3) is 0.833. The minimum Gasteiger partial charge on any atom is -0.425 e. The Bertz CT molecular complexity index is 359. The molecule has 1 heterocycles. The molecule has 0 spiro atoms. The Morgan fingerprint density at radius 1 is 1.38 bits per heavy atom. The van der Waals surface area contributed by atoms with Crippen LogP contribution in [0.5, 0.6) is 0 Å². The number of rotatable bonds is 6. The Morgan fingerprint density at radius 2 is 2.19 bits per heavy atom. The Hall–Kier alpha value is -0.900. The monoisotopic (exact) mass is 221 g/mol. The van der Waals surface area contributed by atoms with Gasteiger partial charge in [-0.2, -0.15) is 0 Å². The van der Waals surface area contributed by atoms with Crippen molar-refractivity contribution in [2.45, 2.75) is 51.0 Å². The second-order valence-corrected chi connectivity index (χ2v) is 5.19. The third-order valence-electron chi connectivity index (χ3n) is 3.49. The molecule has 1 aromatic rings. The van der Waals surface area contributed by atoms with E-state index in [1.54, 1.807) is 0 Å². The first kappa shape index (κ1) is 10.3. The summed E-state index contributed by atoms with van der Waals surface area (Å²) >= 11 is 0. The van der Waals surface area contributed by atoms with Gasteiger partial charge in [-0.05, 0) is 38.1 Å². The van der Waals surface area contributed by atoms with Gasteiger partial charge in [0.2, 0.25) is 11.8 Å². The third kappa shape index (κ3) is 2.43. The molecule has 0 aliphatic heterocycles. The van der Waals surface area contributed by atoms with Crippen molar-refractivity contribution in [3.8, 4) is 0 Å². The average Bonchev–Trinajstić information content (AvgIpc) is 3.17. The Kier molecular flexibility index (Phi) is 2.67. The number of hydrogen-bond acceptors (Lipinski definition) is 4. The van der Waals surface area contributed by atoms with E-state index in [1.165, 1.54) is 19.3 Å². The first-order valence-corrected chi connectivity index (χ1v) is 6.38. The van der Waals surface area contributed by atoms with Gasteiger partial charge < -0.3 is 9.73 Å². The van der Waals surface area contributed by atoms with E-state index in [4.69, 9.17) is 4.42 Å². The highest BCUT2D eigenvalue weighted by Gasteiger charge is 2.38. The van der Waals surface area contributed by atoms with Gasteiger partial charge in [0.15, 0.2) is 0 Å². The summed E-state index contributed by atoms with van der Waals surface area (Å²) in [5.41, 5.74) is 0. The molecule has 2 unspecified atom stereocenters. The summed E-state index contributed by atoms with van der Waals surface area (Å²) in [5.74, 6) is 2.96. The van der Waals surface area contributed by atoms with Gasteiger partial charge in [0.05, 0.1) is 0 Å². The van der Waals surface area contributed by atoms with Crippen LogP contribution in [0.25, 0.3) is 0 Å². The highest BCUT2D eigenvalue weighted by atomic mass is 16.4. The third-order valence-corrected chi connectivity index (χ3v) is 3.49. The molecule has 2 atom stereocenters. The molecule has 0 radical (unpaired) electrons. The zero-order valence-corrected chi connectivity index (χ0v) is 9.78. The zero-order valence-electron chi connectivity index (χ0n) is 9.78. The summed E-state index contributed by atoms with van der Waals surface area (Å²) in [6, 6.07) is 0.797. The van der Waals surface area contributed by atoms with Gasteiger partial charge in [-0.15, -0.1) is 10.2 Å². The summed E-state index contributed by atoms with van der Waals surface area (Å²) in [7, 11) is 0. The molecule has 0 aromatic carbocycles. The average molecular weight is 221 g/mol. The standard InChI is InChI=1S/C12H19N3O/c1-8-7-10(8)12-15-14-11(16-12)3-2-6-13-9-4-5-9/h8-10,13H,2-7H2,1H3. The van der Waals surface area contributed by atoms with Gasteiger partial charge in [0.25, 0.3) is 0 Å². The van der Waals surface area contributed by atoms with Crippen molar-refractivity contribution in [1.29, 1.82) is 0 Å². The lowest BCUT2D eigenvalue weighted by Crippen LogP contribution is -2.17. The molecule has 0 amide bonds. The van der Waals surface area contributed by atoms with Gasteiger partial charge >= 0.3 is 0 Å². The van der Waals surface area contributed by atoms with E-state index in [1.807, 2.05) is 0 Å². The Morgan fingerprint density at radius 3 is 2.88 bits per heavy atom. The maximum Gasteiger partial charge on any atom is 0.219 e. The normalized spacial score (nSPS) is 28.3. The van der Waals surface area contributed by atoms with Crippen LogP contribution in [-0.4, -0.2) is 22.8 Å². The minimum absolute atomic E-state index is 0.547.